The molecule has 0 aliphatic carbocycles. The van der Waals surface area contributed by atoms with Crippen molar-refractivity contribution >= 4 is 117 Å². The Bertz CT molecular complexity index is 3500. The summed E-state index contributed by atoms with van der Waals surface area (Å²) in [5, 5.41) is 8.66. The van der Waals surface area contributed by atoms with Crippen LogP contribution in [0.15, 0.2) is 0 Å². The zero-order valence-corrected chi connectivity index (χ0v) is 78.5. The van der Waals surface area contributed by atoms with Crippen molar-refractivity contribution in [1.29, 1.82) is 0 Å². The highest BCUT2D eigenvalue weighted by Gasteiger charge is 2.33. The molecule has 0 saturated heterocycles. The van der Waals surface area contributed by atoms with Crippen LogP contribution in [0.4, 0.5) is 0 Å². The lowest BCUT2D eigenvalue weighted by molar-refractivity contribution is 0.103. The van der Waals surface area contributed by atoms with Gasteiger partial charge in [0, 0.05) is 13.7 Å². The van der Waals surface area contributed by atoms with Gasteiger partial charge in [-0.15, -0.1) is 0 Å². The van der Waals surface area contributed by atoms with Crippen LogP contribution in [0.2, 0.25) is 0 Å². The van der Waals surface area contributed by atoms with Crippen molar-refractivity contribution in [1.82, 2.24) is 0 Å². The third-order valence-corrected chi connectivity index (χ3v) is 27.2. The molecule has 0 aromatic rings. The first-order valence-electron chi connectivity index (χ1n) is 35.3. The minimum atomic E-state index is -4.75. The molecule has 0 saturated carbocycles. The second-order valence-electron chi connectivity index (χ2n) is 22.4. The van der Waals surface area contributed by atoms with Gasteiger partial charge in [0.2, 0.25) is 0 Å². The highest BCUT2D eigenvalue weighted by atomic mass is 31.2. The highest BCUT2D eigenvalue weighted by Crippen LogP contribution is 2.54. The molecule has 0 spiro atoms. The predicted molar refractivity (Wildman–Crippen MR) is 403 cm³/mol. The normalized spacial score (nSPS) is 19.8. The molecule has 0 aromatic heterocycles. The van der Waals surface area contributed by atoms with E-state index in [2.05, 4.69) is 58.8 Å². The van der Waals surface area contributed by atoms with Crippen LogP contribution in [0.3, 0.4) is 0 Å². The smallest absolute Gasteiger partial charge is 0.396 e. The van der Waals surface area contributed by atoms with E-state index >= 15 is 0 Å². The first-order valence-corrected chi connectivity index (χ1v) is 57.7. The average Bonchev–Trinajstić information content (AvgIpc) is 0.916. The van der Waals surface area contributed by atoms with E-state index in [0.29, 0.717) is 0 Å². The standard InChI is InChI=1S/C46H109O61P15/c1-78-108(48,49)79-19-3-20-82-110(52,53)83-23-5-24-86-112(56,57)87-27-7-28-90-114(60,61)91-31-9-32-94-116(64,65)95-35-11-36-98-118(68,69)99-39-13-40-102-120(72,73)103-43-15-44-106-122(76,77)107-46-16-45-105-121(74,75)104-42-14-41-101-119(70,71)100-38-12-37-97-117(66,67)96-34-10-33-93-115(62,63)92-30-8-29-89-113(58,59)88-26-6-25-85-111(54,55)84-22-4-21-81-109(50,51)80-18-2-17-47/h47H,2-46H2,1H3,(H,48,49)(H,50,51)(H,52,53)(H,54,55)(H,56,57)(H,58,59)(H,60,61)(H,62,63)(H,64,65)(H,66,67)(H,68,69)(H,70,71)(H,72,73)(H,74,75)(H,76,77). The molecule has 0 amide bonds. The van der Waals surface area contributed by atoms with Crippen molar-refractivity contribution in [3.8, 4) is 0 Å². The van der Waals surface area contributed by atoms with Gasteiger partial charge in [0.05, 0.1) is 192 Å². The summed E-state index contributed by atoms with van der Waals surface area (Å²) in [6, 6.07) is 0. The largest absolute Gasteiger partial charge is 0.472 e. The Morgan fingerprint density at radius 1 is 0.131 bits per heavy atom. The first-order chi connectivity index (χ1) is 56.5. The molecule has 61 nitrogen and oxygen atoms in total. The summed E-state index contributed by atoms with van der Waals surface area (Å²) in [5.41, 5.74) is 0. The molecule has 76 heteroatoms. The Kier molecular flexibility index (Phi) is 66.2. The van der Waals surface area contributed by atoms with Gasteiger partial charge < -0.3 is 78.5 Å². The van der Waals surface area contributed by atoms with Crippen LogP contribution < -0.4 is 0 Å². The molecule has 15 unspecified atom stereocenters. The van der Waals surface area contributed by atoms with Gasteiger partial charge in [-0.25, -0.2) is 68.5 Å². The van der Waals surface area contributed by atoms with Crippen LogP contribution in [0.25, 0.3) is 0 Å². The maximum Gasteiger partial charge on any atom is 0.472 e. The summed E-state index contributed by atoms with van der Waals surface area (Å²) in [7, 11) is -68.8. The summed E-state index contributed by atoms with van der Waals surface area (Å²) >= 11 is 0. The number of phosphoric acid groups is 15. The maximum atomic E-state index is 12.2. The molecule has 0 heterocycles. The monoisotopic (exact) mass is 2100 g/mol. The Hall–Kier alpha value is 1.61. The van der Waals surface area contributed by atoms with E-state index < -0.39 is 296 Å². The number of hydrogen-bond donors (Lipinski definition) is 16. The zero-order chi connectivity index (χ0) is 92.5. The number of rotatable bonds is 89. The summed E-state index contributed by atoms with van der Waals surface area (Å²) in [6.07, 6.45) is -3.13. The van der Waals surface area contributed by atoms with E-state index in [1.165, 1.54) is 0 Å². The van der Waals surface area contributed by atoms with Crippen LogP contribution in [0.5, 0.6) is 0 Å². The van der Waals surface area contributed by atoms with Crippen molar-refractivity contribution in [2.24, 2.45) is 0 Å². The van der Waals surface area contributed by atoms with Crippen molar-refractivity contribution in [2.75, 3.05) is 205 Å². The van der Waals surface area contributed by atoms with Gasteiger partial charge >= 0.3 is 117 Å². The van der Waals surface area contributed by atoms with Crippen molar-refractivity contribution < 1.29 is 283 Å². The Morgan fingerprint density at radius 3 is 0.262 bits per heavy atom. The summed E-state index contributed by atoms with van der Waals surface area (Å²) in [6.45, 7) is -15.2. The van der Waals surface area contributed by atoms with E-state index in [0.717, 1.165) is 7.11 Å². The van der Waals surface area contributed by atoms with E-state index in [1.807, 2.05) is 0 Å². The van der Waals surface area contributed by atoms with Crippen LogP contribution >= 0.6 is 117 Å². The van der Waals surface area contributed by atoms with E-state index in [4.69, 9.17) is 86.9 Å². The number of aliphatic hydroxyl groups excluding tert-OH is 1. The fourth-order valence-corrected chi connectivity index (χ4v) is 18.3. The SMILES string of the molecule is COP(=O)(O)OCCCOP(=O)(O)OCCCOP(=O)(O)OCCCOP(=O)(O)OCCCOP(=O)(O)OCCCOP(=O)(O)OCCCOP(=O)(O)OCCCOP(=O)(O)OCCCOP(=O)(O)OCCCOP(=O)(O)OCCCOP(=O)(O)OCCCOP(=O)(O)OCCCOP(=O)(O)OCCCOP(=O)(O)OCCCOP(=O)(O)OCCCO. The van der Waals surface area contributed by atoms with Gasteiger partial charge in [0.1, 0.15) is 0 Å². The molecule has 0 aliphatic rings. The first kappa shape index (κ1) is 124. The lowest BCUT2D eigenvalue weighted by Crippen LogP contribution is -2.06. The lowest BCUT2D eigenvalue weighted by Gasteiger charge is -2.15. The summed E-state index contributed by atoms with van der Waals surface area (Å²) in [5.74, 6) is 0. The summed E-state index contributed by atoms with van der Waals surface area (Å²) in [4.78, 5) is 146. The Morgan fingerprint density at radius 2 is 0.197 bits per heavy atom. The second kappa shape index (κ2) is 65.3. The third-order valence-electron chi connectivity index (χ3n) is 12.0. The van der Waals surface area contributed by atoms with Crippen LogP contribution in [-0.2, 0) is 204 Å². The fraction of sp³-hybridized carbons (Fsp3) is 1.00. The molecule has 0 aromatic carbocycles. The second-order valence-corrected chi connectivity index (χ2v) is 44.3. The average molecular weight is 2100 g/mol. The molecule has 0 bridgehead atoms. The molecule has 0 radical (unpaired) electrons. The van der Waals surface area contributed by atoms with Gasteiger partial charge in [-0.1, -0.05) is 0 Å². The third kappa shape index (κ3) is 78.0. The molecular formula is C46H109O61P15. The topological polar surface area (TPSA) is 857 Å². The zero-order valence-electron chi connectivity index (χ0n) is 65.1. The highest BCUT2D eigenvalue weighted by molar-refractivity contribution is 7.51. The van der Waals surface area contributed by atoms with E-state index in [1.54, 1.807) is 0 Å². The molecule has 0 rings (SSSR count). The van der Waals surface area contributed by atoms with Crippen LogP contribution in [-0.4, -0.2) is 284 Å². The molecule has 15 atom stereocenters. The molecular weight excluding hydrogens is 1990 g/mol. The molecule has 0 aliphatic heterocycles. The minimum Gasteiger partial charge on any atom is -0.396 e. The van der Waals surface area contributed by atoms with Crippen LogP contribution in [0, 0.1) is 0 Å². The predicted octanol–water partition coefficient (Wildman–Crippen LogP) is 7.46. The van der Waals surface area contributed by atoms with Gasteiger partial charge in [-0.2, -0.15) is 0 Å². The molecule has 0 fully saturated rings. The van der Waals surface area contributed by atoms with Gasteiger partial charge in [0.25, 0.3) is 0 Å². The lowest BCUT2D eigenvalue weighted by atomic mass is 10.5. The van der Waals surface area contributed by atoms with Gasteiger partial charge in [-0.3, -0.25) is 136 Å². The van der Waals surface area contributed by atoms with Gasteiger partial charge in [0.15, 0.2) is 0 Å². The van der Waals surface area contributed by atoms with Gasteiger partial charge in [-0.05, 0) is 96.3 Å². The maximum absolute atomic E-state index is 12.2. The number of hydrogen-bond acceptors (Lipinski definition) is 46. The quantitative estimate of drug-likeness (QED) is 0.0207. The Labute approximate surface area is 699 Å². The fourth-order valence-electron chi connectivity index (χ4n) is 6.68. The number of phosphoric ester groups is 15. The van der Waals surface area contributed by atoms with Crippen molar-refractivity contribution in [3.63, 3.8) is 0 Å². The molecule has 734 valence electrons. The molecule has 16 N–H and O–H groups in total. The van der Waals surface area contributed by atoms with E-state index in [9.17, 15) is 137 Å². The number of aliphatic hydroxyl groups is 1. The molecule has 122 heavy (non-hydrogen) atoms. The minimum absolute atomic E-state index is 0.0825. The van der Waals surface area contributed by atoms with Crippen molar-refractivity contribution in [2.45, 2.75) is 96.3 Å². The summed E-state index contributed by atoms with van der Waals surface area (Å²) < 4.78 is 320. The van der Waals surface area contributed by atoms with E-state index in [-0.39, 0.29) is 116 Å². The Balaban J connectivity index is 4.09. The van der Waals surface area contributed by atoms with Crippen molar-refractivity contribution in [3.05, 3.63) is 0 Å². The van der Waals surface area contributed by atoms with Crippen LogP contribution in [0.1, 0.15) is 96.3 Å².